The molecule has 0 aromatic heterocycles. The van der Waals surface area contributed by atoms with Gasteiger partial charge in [0, 0.05) is 11.7 Å². The van der Waals surface area contributed by atoms with E-state index in [9.17, 15) is 9.59 Å². The van der Waals surface area contributed by atoms with Gasteiger partial charge in [0.1, 0.15) is 6.61 Å². The van der Waals surface area contributed by atoms with Crippen LogP contribution in [-0.2, 0) is 20.9 Å². The van der Waals surface area contributed by atoms with Crippen LogP contribution in [0.2, 0.25) is 0 Å². The number of allylic oxidation sites excluding steroid dienone is 1. The number of nitrogens with zero attached hydrogens (tertiary/aromatic N) is 2. The lowest BCUT2D eigenvalue weighted by Crippen LogP contribution is -2.38. The Morgan fingerprint density at radius 3 is 2.53 bits per heavy atom. The van der Waals surface area contributed by atoms with Crippen LogP contribution in [0.25, 0.3) is 0 Å². The van der Waals surface area contributed by atoms with Crippen LogP contribution in [0.4, 0.5) is 0 Å². The first kappa shape index (κ1) is 27.3. The summed E-state index contributed by atoms with van der Waals surface area (Å²) >= 11 is 1.44. The zero-order valence-corrected chi connectivity index (χ0v) is 23.1. The molecule has 4 rings (SSSR count). The third kappa shape index (κ3) is 5.88. The molecule has 1 N–H and O–H groups in total. The summed E-state index contributed by atoms with van der Waals surface area (Å²) in [5.74, 6) is 0.576. The standard InChI is InChI=1S/C29H33N3O5S/c1-6-22-26(28(34)36-5)27(32-21(17-38-29(32)31-22)15-25(33)30-18(2)3)20-12-13-23(24(14-20)35-4)37-16-19-10-8-7-9-11-19/h7-14,17-18,27H,6,15-16H2,1-5H3,(H,30,33). The van der Waals surface area contributed by atoms with Crippen molar-refractivity contribution < 1.29 is 23.8 Å². The van der Waals surface area contributed by atoms with Crippen LogP contribution in [0.5, 0.6) is 11.5 Å². The largest absolute Gasteiger partial charge is 0.493 e. The maximum atomic E-state index is 13.1. The highest BCUT2D eigenvalue weighted by Crippen LogP contribution is 2.46. The average molecular weight is 536 g/mol. The molecular weight excluding hydrogens is 502 g/mol. The predicted octanol–water partition coefficient (Wildman–Crippen LogP) is 5.33. The number of hydrogen-bond acceptors (Lipinski definition) is 8. The van der Waals surface area contributed by atoms with Gasteiger partial charge in [0.25, 0.3) is 0 Å². The maximum absolute atomic E-state index is 13.1. The summed E-state index contributed by atoms with van der Waals surface area (Å²) in [4.78, 5) is 32.5. The number of methoxy groups -OCH3 is 2. The van der Waals surface area contributed by atoms with Crippen LogP contribution in [0.15, 0.2) is 75.9 Å². The second kappa shape index (κ2) is 12.2. The smallest absolute Gasteiger partial charge is 0.338 e. The van der Waals surface area contributed by atoms with E-state index in [0.717, 1.165) is 22.0 Å². The molecule has 1 atom stereocenters. The third-order valence-electron chi connectivity index (χ3n) is 6.16. The van der Waals surface area contributed by atoms with Crippen LogP contribution in [0, 0.1) is 0 Å². The normalized spacial score (nSPS) is 16.6. The van der Waals surface area contributed by atoms with Crippen molar-refractivity contribution in [2.75, 3.05) is 14.2 Å². The van der Waals surface area contributed by atoms with E-state index in [1.807, 2.05) is 79.6 Å². The molecule has 0 spiro atoms. The second-order valence-corrected chi connectivity index (χ2v) is 10.0. The van der Waals surface area contributed by atoms with E-state index < -0.39 is 12.0 Å². The zero-order valence-electron chi connectivity index (χ0n) is 22.3. The Morgan fingerprint density at radius 1 is 1.11 bits per heavy atom. The van der Waals surface area contributed by atoms with E-state index in [1.165, 1.54) is 18.9 Å². The number of fused-ring (bicyclic) bond motifs is 1. The first-order valence-corrected chi connectivity index (χ1v) is 13.4. The number of hydrogen-bond donors (Lipinski definition) is 1. The van der Waals surface area contributed by atoms with Crippen LogP contribution >= 0.6 is 11.8 Å². The number of amidine groups is 1. The van der Waals surface area contributed by atoms with Crippen molar-refractivity contribution in [3.05, 3.63) is 82.0 Å². The molecule has 0 bridgehead atoms. The van der Waals surface area contributed by atoms with Gasteiger partial charge < -0.3 is 24.4 Å². The van der Waals surface area contributed by atoms with Crippen LogP contribution in [0.1, 0.15) is 50.8 Å². The number of carbonyl (C=O) groups excluding carboxylic acids is 2. The zero-order chi connectivity index (χ0) is 27.2. The molecule has 8 nitrogen and oxygen atoms in total. The number of benzene rings is 2. The van der Waals surface area contributed by atoms with Gasteiger partial charge in [0.05, 0.1) is 38.0 Å². The van der Waals surface area contributed by atoms with Gasteiger partial charge in [-0.25, -0.2) is 9.79 Å². The Hall–Kier alpha value is -3.72. The van der Waals surface area contributed by atoms with Gasteiger partial charge in [-0.15, -0.1) is 0 Å². The van der Waals surface area contributed by atoms with Gasteiger partial charge in [-0.3, -0.25) is 4.79 Å². The third-order valence-corrected chi connectivity index (χ3v) is 7.05. The fraction of sp³-hybridized carbons (Fsp3) is 0.345. The number of amides is 1. The van der Waals surface area contributed by atoms with Gasteiger partial charge in [0.15, 0.2) is 16.7 Å². The van der Waals surface area contributed by atoms with Crippen molar-refractivity contribution >= 4 is 28.8 Å². The van der Waals surface area contributed by atoms with E-state index in [2.05, 4.69) is 5.32 Å². The molecule has 38 heavy (non-hydrogen) atoms. The Morgan fingerprint density at radius 2 is 1.87 bits per heavy atom. The average Bonchev–Trinajstić information content (AvgIpc) is 3.32. The molecule has 2 aromatic carbocycles. The van der Waals surface area contributed by atoms with Gasteiger partial charge >= 0.3 is 5.97 Å². The highest BCUT2D eigenvalue weighted by Gasteiger charge is 2.41. The fourth-order valence-electron chi connectivity index (χ4n) is 4.47. The van der Waals surface area contributed by atoms with E-state index in [4.69, 9.17) is 19.2 Å². The lowest BCUT2D eigenvalue weighted by Gasteiger charge is -2.36. The van der Waals surface area contributed by atoms with Crippen LogP contribution in [0.3, 0.4) is 0 Å². The van der Waals surface area contributed by atoms with Crippen molar-refractivity contribution in [2.45, 2.75) is 52.3 Å². The number of esters is 1. The first-order chi connectivity index (χ1) is 18.4. The van der Waals surface area contributed by atoms with Crippen molar-refractivity contribution in [3.8, 4) is 11.5 Å². The van der Waals surface area contributed by atoms with E-state index >= 15 is 0 Å². The summed E-state index contributed by atoms with van der Waals surface area (Å²) in [6.07, 6.45) is 0.712. The quantitative estimate of drug-likeness (QED) is 0.412. The van der Waals surface area contributed by atoms with Crippen LogP contribution in [-0.4, -0.2) is 42.2 Å². The monoisotopic (exact) mass is 535 g/mol. The van der Waals surface area contributed by atoms with Gasteiger partial charge in [-0.05, 0) is 48.9 Å². The molecule has 1 unspecified atom stereocenters. The minimum absolute atomic E-state index is 0.0207. The summed E-state index contributed by atoms with van der Waals surface area (Å²) in [6, 6.07) is 15.0. The van der Waals surface area contributed by atoms with Crippen molar-refractivity contribution in [1.29, 1.82) is 0 Å². The highest BCUT2D eigenvalue weighted by molar-refractivity contribution is 8.16. The molecule has 0 aliphatic carbocycles. The molecule has 1 amide bonds. The molecule has 9 heteroatoms. The molecule has 0 saturated heterocycles. The molecule has 2 heterocycles. The summed E-state index contributed by atoms with van der Waals surface area (Å²) in [7, 11) is 2.95. The first-order valence-electron chi connectivity index (χ1n) is 12.5. The van der Waals surface area contributed by atoms with Gasteiger partial charge in [-0.1, -0.05) is 55.1 Å². The molecule has 200 valence electrons. The topological polar surface area (TPSA) is 89.5 Å². The molecule has 2 aromatic rings. The summed E-state index contributed by atoms with van der Waals surface area (Å²) in [5.41, 5.74) is 3.70. The lowest BCUT2D eigenvalue weighted by atomic mass is 9.92. The SMILES string of the molecule is CCC1=C(C(=O)OC)C(c2ccc(OCc3ccccc3)c(OC)c2)N2C(CC(=O)NC(C)C)=CSC2=N1. The van der Waals surface area contributed by atoms with Crippen molar-refractivity contribution in [1.82, 2.24) is 10.2 Å². The molecule has 0 saturated carbocycles. The number of aliphatic imine (C=N–C) groups is 1. The van der Waals surface area contributed by atoms with Crippen molar-refractivity contribution in [3.63, 3.8) is 0 Å². The van der Waals surface area contributed by atoms with E-state index in [1.54, 1.807) is 7.11 Å². The summed E-state index contributed by atoms with van der Waals surface area (Å²) in [5, 5.41) is 5.58. The van der Waals surface area contributed by atoms with Crippen molar-refractivity contribution in [2.24, 2.45) is 4.99 Å². The number of rotatable bonds is 10. The number of ether oxygens (including phenoxy) is 3. The predicted molar refractivity (Wildman–Crippen MR) is 149 cm³/mol. The highest BCUT2D eigenvalue weighted by atomic mass is 32.2. The fourth-order valence-corrected chi connectivity index (χ4v) is 5.41. The maximum Gasteiger partial charge on any atom is 0.338 e. The second-order valence-electron chi connectivity index (χ2n) is 9.18. The number of carbonyl (C=O) groups is 2. The van der Waals surface area contributed by atoms with Gasteiger partial charge in [0.2, 0.25) is 5.91 Å². The molecule has 2 aliphatic heterocycles. The number of thioether (sulfide) groups is 1. The van der Waals surface area contributed by atoms with Crippen LogP contribution < -0.4 is 14.8 Å². The molecule has 0 fully saturated rings. The summed E-state index contributed by atoms with van der Waals surface area (Å²) < 4.78 is 17.0. The summed E-state index contributed by atoms with van der Waals surface area (Å²) in [6.45, 7) is 6.20. The number of nitrogens with one attached hydrogen (secondary N) is 1. The van der Waals surface area contributed by atoms with Gasteiger partial charge in [-0.2, -0.15) is 0 Å². The Kier molecular flexibility index (Phi) is 8.78. The Bertz CT molecular complexity index is 1290. The lowest BCUT2D eigenvalue weighted by molar-refractivity contribution is -0.136. The molecule has 2 aliphatic rings. The minimum atomic E-state index is -0.546. The molecular formula is C29H33N3O5S. The minimum Gasteiger partial charge on any atom is -0.493 e. The van der Waals surface area contributed by atoms with E-state index in [0.29, 0.717) is 35.8 Å². The van der Waals surface area contributed by atoms with E-state index in [-0.39, 0.29) is 18.4 Å². The Labute approximate surface area is 227 Å². The Balaban J connectivity index is 1.72. The molecule has 0 radical (unpaired) electrons.